The average molecular weight is 422 g/mol. The van der Waals surface area contributed by atoms with Crippen LogP contribution in [0.1, 0.15) is 54.6 Å². The van der Waals surface area contributed by atoms with E-state index in [4.69, 9.17) is 11.6 Å². The van der Waals surface area contributed by atoms with Crippen LogP contribution < -0.4 is 5.32 Å². The zero-order valence-electron chi connectivity index (χ0n) is 17.1. The highest BCUT2D eigenvalue weighted by Crippen LogP contribution is 2.49. The van der Waals surface area contributed by atoms with Crippen molar-refractivity contribution < 1.29 is 4.79 Å². The number of pyridine rings is 1. The Morgan fingerprint density at radius 1 is 1.07 bits per heavy atom. The number of fused-ring (bicyclic) bond motifs is 3. The van der Waals surface area contributed by atoms with Crippen molar-refractivity contribution in [3.63, 3.8) is 0 Å². The molecule has 2 saturated carbocycles. The fourth-order valence-corrected chi connectivity index (χ4v) is 5.88. The maximum absolute atomic E-state index is 12.7. The number of aromatic nitrogens is 2. The van der Waals surface area contributed by atoms with Gasteiger partial charge in [-0.05, 0) is 98.6 Å². The van der Waals surface area contributed by atoms with Crippen molar-refractivity contribution in [2.75, 3.05) is 0 Å². The third-order valence-corrected chi connectivity index (χ3v) is 7.44. The number of nitrogens with zero attached hydrogens (tertiary/aromatic N) is 1. The van der Waals surface area contributed by atoms with Crippen molar-refractivity contribution in [2.24, 2.45) is 17.8 Å². The molecule has 5 rings (SSSR count). The van der Waals surface area contributed by atoms with Gasteiger partial charge in [0, 0.05) is 22.6 Å². The van der Waals surface area contributed by atoms with E-state index in [9.17, 15) is 4.79 Å². The van der Waals surface area contributed by atoms with Crippen LogP contribution in [0.3, 0.4) is 0 Å². The second kappa shape index (κ2) is 8.43. The number of aromatic amines is 1. The van der Waals surface area contributed by atoms with Crippen LogP contribution in [-0.2, 0) is 6.42 Å². The molecule has 2 N–H and O–H groups in total. The number of halogens is 1. The fraction of sp³-hybridized carbons (Fsp3) is 0.440. The SMILES string of the molecule is O=C(NC1C[C@H]2CC[C@@H](C1)C2CCCc1ccc(Cl)cc1)c1ccc2cc[nH]c2n1. The Morgan fingerprint density at radius 2 is 1.83 bits per heavy atom. The van der Waals surface area contributed by atoms with Crippen molar-refractivity contribution in [1.82, 2.24) is 15.3 Å². The minimum atomic E-state index is -0.0444. The van der Waals surface area contributed by atoms with E-state index in [0.717, 1.165) is 53.1 Å². The standard InChI is InChI=1S/C25H28ClN3O/c26-20-9-4-16(5-10-20)2-1-3-22-18-6-7-19(22)15-21(14-18)28-25(30)23-11-8-17-12-13-27-24(17)29-23/h4-5,8-13,18-19,21-22H,1-3,6-7,14-15H2,(H,27,29)(H,28,30)/t18-,19+,21?,22?. The van der Waals surface area contributed by atoms with Gasteiger partial charge in [0.05, 0.1) is 0 Å². The van der Waals surface area contributed by atoms with Crippen molar-refractivity contribution >= 4 is 28.5 Å². The average Bonchev–Trinajstić information content (AvgIpc) is 3.31. The van der Waals surface area contributed by atoms with Gasteiger partial charge < -0.3 is 10.3 Å². The van der Waals surface area contributed by atoms with Crippen LogP contribution in [0.25, 0.3) is 11.0 Å². The van der Waals surface area contributed by atoms with E-state index in [1.54, 1.807) is 0 Å². The van der Waals surface area contributed by atoms with E-state index in [1.807, 2.05) is 36.5 Å². The summed E-state index contributed by atoms with van der Waals surface area (Å²) in [5, 5.41) is 5.11. The van der Waals surface area contributed by atoms with Crippen LogP contribution in [0.4, 0.5) is 0 Å². The smallest absolute Gasteiger partial charge is 0.270 e. The van der Waals surface area contributed by atoms with E-state index in [2.05, 4.69) is 27.4 Å². The third-order valence-electron chi connectivity index (χ3n) is 7.19. The highest BCUT2D eigenvalue weighted by atomic mass is 35.5. The predicted molar refractivity (Wildman–Crippen MR) is 121 cm³/mol. The van der Waals surface area contributed by atoms with Crippen LogP contribution in [-0.4, -0.2) is 21.9 Å². The van der Waals surface area contributed by atoms with Crippen LogP contribution >= 0.6 is 11.6 Å². The Bertz CT molecular complexity index is 1010. The number of carbonyl (C=O) groups excluding carboxylic acids is 1. The first-order chi connectivity index (χ1) is 14.7. The largest absolute Gasteiger partial charge is 0.348 e. The lowest BCUT2D eigenvalue weighted by molar-refractivity contribution is 0.0889. The van der Waals surface area contributed by atoms with E-state index >= 15 is 0 Å². The highest BCUT2D eigenvalue weighted by molar-refractivity contribution is 6.30. The number of H-pyrrole nitrogens is 1. The molecule has 0 aliphatic heterocycles. The lowest BCUT2D eigenvalue weighted by Gasteiger charge is -2.36. The summed E-state index contributed by atoms with van der Waals surface area (Å²) in [5.41, 5.74) is 2.65. The monoisotopic (exact) mass is 421 g/mol. The molecule has 0 spiro atoms. The zero-order chi connectivity index (χ0) is 20.5. The van der Waals surface area contributed by atoms with Gasteiger partial charge in [-0.2, -0.15) is 0 Å². The van der Waals surface area contributed by atoms with Gasteiger partial charge in [0.1, 0.15) is 11.3 Å². The van der Waals surface area contributed by atoms with E-state index in [1.165, 1.54) is 31.2 Å². The molecule has 0 saturated heterocycles. The lowest BCUT2D eigenvalue weighted by Crippen LogP contribution is -2.42. The number of benzene rings is 1. The van der Waals surface area contributed by atoms with Gasteiger partial charge in [-0.25, -0.2) is 4.98 Å². The van der Waals surface area contributed by atoms with E-state index in [-0.39, 0.29) is 11.9 Å². The molecule has 4 atom stereocenters. The van der Waals surface area contributed by atoms with E-state index < -0.39 is 0 Å². The first kappa shape index (κ1) is 19.6. The summed E-state index contributed by atoms with van der Waals surface area (Å²) in [6, 6.07) is 14.3. The van der Waals surface area contributed by atoms with Crippen LogP contribution in [0.5, 0.6) is 0 Å². The number of rotatable bonds is 6. The molecule has 4 nitrogen and oxygen atoms in total. The maximum atomic E-state index is 12.7. The Kier molecular flexibility index (Phi) is 5.51. The van der Waals surface area contributed by atoms with Gasteiger partial charge in [0.15, 0.2) is 0 Å². The lowest BCUT2D eigenvalue weighted by atomic mass is 9.74. The molecular weight excluding hydrogens is 394 g/mol. The molecular formula is C25H28ClN3O. The first-order valence-corrected chi connectivity index (χ1v) is 11.5. The topological polar surface area (TPSA) is 57.8 Å². The molecule has 2 unspecified atom stereocenters. The molecule has 2 bridgehead atoms. The minimum Gasteiger partial charge on any atom is -0.348 e. The molecule has 156 valence electrons. The third kappa shape index (κ3) is 4.11. The van der Waals surface area contributed by atoms with Gasteiger partial charge in [0.2, 0.25) is 0 Å². The second-order valence-electron chi connectivity index (χ2n) is 9.03. The van der Waals surface area contributed by atoms with Crippen LogP contribution in [0, 0.1) is 17.8 Å². The first-order valence-electron chi connectivity index (χ1n) is 11.1. The van der Waals surface area contributed by atoms with Gasteiger partial charge in [0.25, 0.3) is 5.91 Å². The number of hydrogen-bond acceptors (Lipinski definition) is 2. The normalized spacial score (nSPS) is 25.5. The Labute approximate surface area is 182 Å². The molecule has 3 aromatic rings. The predicted octanol–water partition coefficient (Wildman–Crippen LogP) is 5.77. The Hall–Kier alpha value is -2.33. The molecule has 2 aliphatic rings. The summed E-state index contributed by atoms with van der Waals surface area (Å²) in [4.78, 5) is 20.3. The maximum Gasteiger partial charge on any atom is 0.270 e. The van der Waals surface area contributed by atoms with Crippen molar-refractivity contribution in [2.45, 2.75) is 51.0 Å². The Balaban J connectivity index is 1.15. The fourth-order valence-electron chi connectivity index (χ4n) is 5.75. The molecule has 5 heteroatoms. The molecule has 2 aliphatic carbocycles. The number of aryl methyl sites for hydroxylation is 1. The summed E-state index contributed by atoms with van der Waals surface area (Å²) in [6.45, 7) is 0. The number of nitrogens with one attached hydrogen (secondary N) is 2. The Morgan fingerprint density at radius 3 is 2.60 bits per heavy atom. The summed E-state index contributed by atoms with van der Waals surface area (Å²) in [6.07, 6.45) is 10.4. The van der Waals surface area contributed by atoms with Crippen LogP contribution in [0.15, 0.2) is 48.7 Å². The van der Waals surface area contributed by atoms with Crippen LogP contribution in [0.2, 0.25) is 5.02 Å². The van der Waals surface area contributed by atoms with Crippen molar-refractivity contribution in [3.8, 4) is 0 Å². The van der Waals surface area contributed by atoms with Gasteiger partial charge in [-0.15, -0.1) is 0 Å². The molecule has 1 amide bonds. The number of carbonyl (C=O) groups is 1. The van der Waals surface area contributed by atoms with Gasteiger partial charge in [-0.3, -0.25) is 4.79 Å². The second-order valence-corrected chi connectivity index (χ2v) is 9.47. The summed E-state index contributed by atoms with van der Waals surface area (Å²) in [7, 11) is 0. The summed E-state index contributed by atoms with van der Waals surface area (Å²) >= 11 is 5.99. The quantitative estimate of drug-likeness (QED) is 0.530. The minimum absolute atomic E-state index is 0.0444. The number of hydrogen-bond donors (Lipinski definition) is 2. The molecule has 30 heavy (non-hydrogen) atoms. The zero-order valence-corrected chi connectivity index (χ0v) is 17.9. The molecule has 2 heterocycles. The van der Waals surface area contributed by atoms with Gasteiger partial charge >= 0.3 is 0 Å². The summed E-state index contributed by atoms with van der Waals surface area (Å²) < 4.78 is 0. The van der Waals surface area contributed by atoms with E-state index in [0.29, 0.717) is 5.69 Å². The van der Waals surface area contributed by atoms with Gasteiger partial charge in [-0.1, -0.05) is 23.7 Å². The van der Waals surface area contributed by atoms with Crippen molar-refractivity contribution in [3.05, 3.63) is 64.9 Å². The van der Waals surface area contributed by atoms with Crippen molar-refractivity contribution in [1.29, 1.82) is 0 Å². The summed E-state index contributed by atoms with van der Waals surface area (Å²) in [5.74, 6) is 2.27. The molecule has 2 fully saturated rings. The highest BCUT2D eigenvalue weighted by Gasteiger charge is 2.42. The molecule has 1 aromatic carbocycles. The molecule has 0 radical (unpaired) electrons. The molecule has 2 aromatic heterocycles. The number of amides is 1.